The minimum Gasteiger partial charge on any atom is -0.508 e. The molecule has 3 rings (SSSR count). The summed E-state index contributed by atoms with van der Waals surface area (Å²) in [6.07, 6.45) is 0.749. The van der Waals surface area contributed by atoms with E-state index in [0.29, 0.717) is 13.1 Å². The number of carbonyl (C=O) groups excluding carboxylic acids is 1. The zero-order chi connectivity index (χ0) is 18.5. The Labute approximate surface area is 154 Å². The van der Waals surface area contributed by atoms with Crippen molar-refractivity contribution < 1.29 is 15.0 Å². The zero-order valence-electron chi connectivity index (χ0n) is 15.1. The van der Waals surface area contributed by atoms with Crippen LogP contribution in [0.2, 0.25) is 0 Å². The fourth-order valence-corrected chi connectivity index (χ4v) is 3.49. The van der Waals surface area contributed by atoms with Crippen molar-refractivity contribution in [3.8, 4) is 5.75 Å². The van der Waals surface area contributed by atoms with Crippen molar-refractivity contribution in [1.29, 1.82) is 0 Å². The Morgan fingerprint density at radius 1 is 1.23 bits per heavy atom. The van der Waals surface area contributed by atoms with Crippen LogP contribution >= 0.6 is 0 Å². The molecule has 2 atom stereocenters. The average Bonchev–Trinajstić information content (AvgIpc) is 3.05. The summed E-state index contributed by atoms with van der Waals surface area (Å²) in [5, 5.41) is 19.4. The van der Waals surface area contributed by atoms with Crippen LogP contribution in [0.3, 0.4) is 0 Å². The fourth-order valence-electron chi connectivity index (χ4n) is 3.49. The highest BCUT2D eigenvalue weighted by atomic mass is 16.3. The van der Waals surface area contributed by atoms with E-state index in [1.54, 1.807) is 23.1 Å². The van der Waals surface area contributed by atoms with Crippen LogP contribution in [0.25, 0.3) is 0 Å². The van der Waals surface area contributed by atoms with E-state index in [0.717, 1.165) is 24.1 Å². The first-order chi connectivity index (χ1) is 12.5. The first kappa shape index (κ1) is 18.4. The number of β-amino-alcohol motifs (C(OH)–C–C–N with tert-alkyl or cyclic N) is 1. The third kappa shape index (κ3) is 4.62. The number of aliphatic hydroxyl groups is 1. The molecule has 0 radical (unpaired) electrons. The van der Waals surface area contributed by atoms with Crippen LogP contribution in [0.5, 0.6) is 5.75 Å². The van der Waals surface area contributed by atoms with Gasteiger partial charge in [0.05, 0.1) is 18.6 Å². The number of amides is 1. The van der Waals surface area contributed by atoms with Crippen molar-refractivity contribution in [2.75, 3.05) is 26.7 Å². The number of hydrogen-bond acceptors (Lipinski definition) is 4. The van der Waals surface area contributed by atoms with Crippen LogP contribution in [0.15, 0.2) is 54.6 Å². The second kappa shape index (κ2) is 8.34. The molecule has 0 aromatic heterocycles. The van der Waals surface area contributed by atoms with Crippen molar-refractivity contribution in [3.05, 3.63) is 65.7 Å². The molecule has 1 heterocycles. The van der Waals surface area contributed by atoms with E-state index in [-0.39, 0.29) is 30.2 Å². The van der Waals surface area contributed by atoms with E-state index >= 15 is 0 Å². The SMILES string of the molecule is CN(C(=O)Cc1cccc(O)c1)C(CN1CCC(O)C1)c1ccccc1. The van der Waals surface area contributed by atoms with Crippen LogP contribution < -0.4 is 0 Å². The number of aromatic hydroxyl groups is 1. The molecular weight excluding hydrogens is 328 g/mol. The number of phenols is 1. The monoisotopic (exact) mass is 354 g/mol. The molecule has 0 aliphatic carbocycles. The summed E-state index contributed by atoms with van der Waals surface area (Å²) in [4.78, 5) is 16.8. The van der Waals surface area contributed by atoms with Gasteiger partial charge in [-0.1, -0.05) is 42.5 Å². The molecule has 1 amide bonds. The highest BCUT2D eigenvalue weighted by molar-refractivity contribution is 5.79. The lowest BCUT2D eigenvalue weighted by atomic mass is 10.0. The minimum absolute atomic E-state index is 0.00389. The van der Waals surface area contributed by atoms with E-state index in [2.05, 4.69) is 4.90 Å². The Balaban J connectivity index is 1.75. The molecule has 26 heavy (non-hydrogen) atoms. The van der Waals surface area contributed by atoms with Gasteiger partial charge in [0, 0.05) is 26.7 Å². The lowest BCUT2D eigenvalue weighted by Gasteiger charge is -2.32. The Bertz CT molecular complexity index is 735. The van der Waals surface area contributed by atoms with Crippen LogP contribution in [0, 0.1) is 0 Å². The highest BCUT2D eigenvalue weighted by Gasteiger charge is 2.28. The van der Waals surface area contributed by atoms with Gasteiger partial charge >= 0.3 is 0 Å². The molecule has 138 valence electrons. The number of likely N-dealkylation sites (tertiary alicyclic amines) is 1. The maximum atomic E-state index is 12.9. The first-order valence-corrected chi connectivity index (χ1v) is 9.02. The van der Waals surface area contributed by atoms with Crippen molar-refractivity contribution in [2.24, 2.45) is 0 Å². The maximum absolute atomic E-state index is 12.9. The van der Waals surface area contributed by atoms with Crippen LogP contribution in [0.1, 0.15) is 23.6 Å². The molecule has 1 saturated heterocycles. The van der Waals surface area contributed by atoms with Gasteiger partial charge in [0.2, 0.25) is 5.91 Å². The lowest BCUT2D eigenvalue weighted by Crippen LogP contribution is -2.39. The second-order valence-electron chi connectivity index (χ2n) is 6.98. The predicted molar refractivity (Wildman–Crippen MR) is 101 cm³/mol. The second-order valence-corrected chi connectivity index (χ2v) is 6.98. The molecule has 2 aromatic rings. The van der Waals surface area contributed by atoms with Crippen LogP contribution in [0.4, 0.5) is 0 Å². The van der Waals surface area contributed by atoms with E-state index in [4.69, 9.17) is 0 Å². The summed E-state index contributed by atoms with van der Waals surface area (Å²) in [5.74, 6) is 0.174. The number of carbonyl (C=O) groups is 1. The number of aliphatic hydroxyl groups excluding tert-OH is 1. The number of phenolic OH excluding ortho intramolecular Hbond substituents is 1. The van der Waals surface area contributed by atoms with Gasteiger partial charge in [0.25, 0.3) is 0 Å². The van der Waals surface area contributed by atoms with Gasteiger partial charge in [-0.15, -0.1) is 0 Å². The zero-order valence-corrected chi connectivity index (χ0v) is 15.1. The molecule has 2 aromatic carbocycles. The Morgan fingerprint density at radius 3 is 2.65 bits per heavy atom. The summed E-state index contributed by atoms with van der Waals surface area (Å²) in [5.41, 5.74) is 1.88. The standard InChI is InChI=1S/C21H26N2O3/c1-22(21(26)13-16-6-5-9-18(24)12-16)20(17-7-3-2-4-8-17)15-23-11-10-19(25)14-23/h2-9,12,19-20,24-25H,10-11,13-15H2,1H3. The summed E-state index contributed by atoms with van der Waals surface area (Å²) >= 11 is 0. The Morgan fingerprint density at radius 2 is 2.00 bits per heavy atom. The fraction of sp³-hybridized carbons (Fsp3) is 0.381. The summed E-state index contributed by atoms with van der Waals surface area (Å²) in [7, 11) is 1.83. The van der Waals surface area contributed by atoms with Crippen molar-refractivity contribution >= 4 is 5.91 Å². The van der Waals surface area contributed by atoms with Gasteiger partial charge < -0.3 is 15.1 Å². The molecule has 5 nitrogen and oxygen atoms in total. The molecule has 0 spiro atoms. The Hall–Kier alpha value is -2.37. The Kier molecular flexibility index (Phi) is 5.91. The maximum Gasteiger partial charge on any atom is 0.227 e. The third-order valence-electron chi connectivity index (χ3n) is 4.99. The van der Waals surface area contributed by atoms with Crippen molar-refractivity contribution in [1.82, 2.24) is 9.80 Å². The molecule has 2 unspecified atom stereocenters. The van der Waals surface area contributed by atoms with Gasteiger partial charge in [-0.25, -0.2) is 0 Å². The minimum atomic E-state index is -0.278. The van der Waals surface area contributed by atoms with E-state index in [1.165, 1.54) is 0 Å². The molecule has 0 saturated carbocycles. The number of nitrogens with zero attached hydrogens (tertiary/aromatic N) is 2. The number of rotatable bonds is 6. The quantitative estimate of drug-likeness (QED) is 0.835. The average molecular weight is 354 g/mol. The van der Waals surface area contributed by atoms with Gasteiger partial charge in [-0.3, -0.25) is 9.69 Å². The summed E-state index contributed by atoms with van der Waals surface area (Å²) in [6, 6.07) is 16.7. The topological polar surface area (TPSA) is 64.0 Å². The van der Waals surface area contributed by atoms with Gasteiger partial charge in [0.15, 0.2) is 0 Å². The number of likely N-dealkylation sites (N-methyl/N-ethyl adjacent to an activating group) is 1. The summed E-state index contributed by atoms with van der Waals surface area (Å²) < 4.78 is 0. The van der Waals surface area contributed by atoms with E-state index < -0.39 is 0 Å². The summed E-state index contributed by atoms with van der Waals surface area (Å²) in [6.45, 7) is 2.19. The van der Waals surface area contributed by atoms with E-state index in [1.807, 2.05) is 43.4 Å². The molecule has 1 aliphatic heterocycles. The lowest BCUT2D eigenvalue weighted by molar-refractivity contribution is -0.131. The largest absolute Gasteiger partial charge is 0.508 e. The van der Waals surface area contributed by atoms with Gasteiger partial charge in [0.1, 0.15) is 5.75 Å². The van der Waals surface area contributed by atoms with Crippen LogP contribution in [-0.4, -0.2) is 58.7 Å². The van der Waals surface area contributed by atoms with Crippen molar-refractivity contribution in [2.45, 2.75) is 25.0 Å². The smallest absolute Gasteiger partial charge is 0.227 e. The van der Waals surface area contributed by atoms with Gasteiger partial charge in [-0.2, -0.15) is 0 Å². The van der Waals surface area contributed by atoms with E-state index in [9.17, 15) is 15.0 Å². The van der Waals surface area contributed by atoms with Crippen LogP contribution in [-0.2, 0) is 11.2 Å². The number of benzene rings is 2. The first-order valence-electron chi connectivity index (χ1n) is 9.02. The molecule has 1 fully saturated rings. The molecule has 0 bridgehead atoms. The normalized spacial score (nSPS) is 18.6. The molecule has 2 N–H and O–H groups in total. The molecule has 5 heteroatoms. The predicted octanol–water partition coefficient (Wildman–Crippen LogP) is 2.20. The molecular formula is C21H26N2O3. The number of hydrogen-bond donors (Lipinski definition) is 2. The van der Waals surface area contributed by atoms with Crippen molar-refractivity contribution in [3.63, 3.8) is 0 Å². The highest BCUT2D eigenvalue weighted by Crippen LogP contribution is 2.24. The third-order valence-corrected chi connectivity index (χ3v) is 4.99. The molecule has 1 aliphatic rings. The van der Waals surface area contributed by atoms with Gasteiger partial charge in [-0.05, 0) is 29.7 Å².